The average molecular weight is 402 g/mol. The number of benzene rings is 1. The van der Waals surface area contributed by atoms with Gasteiger partial charge in [-0.05, 0) is 25.1 Å². The zero-order chi connectivity index (χ0) is 20.7. The Kier molecular flexibility index (Phi) is 4.79. The van der Waals surface area contributed by atoms with Crippen LogP contribution >= 0.6 is 0 Å². The Balaban J connectivity index is 1.70. The number of aromatic hydroxyl groups is 1. The van der Waals surface area contributed by atoms with E-state index in [9.17, 15) is 14.7 Å². The Hall–Kier alpha value is -3.27. The topological polar surface area (TPSA) is 118 Å². The van der Waals surface area contributed by atoms with Crippen LogP contribution in [0.1, 0.15) is 22.7 Å². The van der Waals surface area contributed by atoms with Gasteiger partial charge in [0.1, 0.15) is 5.56 Å². The van der Waals surface area contributed by atoms with Gasteiger partial charge in [-0.2, -0.15) is 0 Å². The van der Waals surface area contributed by atoms with E-state index in [4.69, 9.17) is 14.2 Å². The molecule has 0 fully saturated rings. The molecule has 0 saturated carbocycles. The number of aromatic nitrogens is 2. The summed E-state index contributed by atoms with van der Waals surface area (Å²) in [6.07, 6.45) is 2.12. The van der Waals surface area contributed by atoms with Gasteiger partial charge in [0.2, 0.25) is 18.4 Å². The number of nitrogens with one attached hydrogen (secondary N) is 1. The molecular formula is C19H22N4O6. The summed E-state index contributed by atoms with van der Waals surface area (Å²) in [6.45, 7) is 1.30. The lowest BCUT2D eigenvalue weighted by Gasteiger charge is -2.35. The number of nitrogens with zero attached hydrogens (tertiary/aromatic N) is 3. The van der Waals surface area contributed by atoms with E-state index in [1.54, 1.807) is 7.11 Å². The van der Waals surface area contributed by atoms with E-state index in [0.29, 0.717) is 23.8 Å². The number of ether oxygens (including phenoxy) is 3. The number of methoxy groups -OCH3 is 1. The molecular weight excluding hydrogens is 380 g/mol. The number of rotatable bonds is 4. The number of likely N-dealkylation sites (N-methyl/N-ethyl adjacent to an activating group) is 1. The van der Waals surface area contributed by atoms with Gasteiger partial charge in [-0.3, -0.25) is 24.2 Å². The third kappa shape index (κ3) is 3.15. The molecule has 0 unspecified atom stereocenters. The van der Waals surface area contributed by atoms with Crippen molar-refractivity contribution >= 4 is 6.21 Å². The third-order valence-electron chi connectivity index (χ3n) is 5.37. The second kappa shape index (κ2) is 7.28. The van der Waals surface area contributed by atoms with Gasteiger partial charge in [0.05, 0.1) is 19.7 Å². The second-order valence-electron chi connectivity index (χ2n) is 7.01. The van der Waals surface area contributed by atoms with E-state index < -0.39 is 17.1 Å². The van der Waals surface area contributed by atoms with Gasteiger partial charge < -0.3 is 19.3 Å². The van der Waals surface area contributed by atoms with Crippen LogP contribution in [-0.2, 0) is 13.5 Å². The molecule has 2 aromatic rings. The van der Waals surface area contributed by atoms with Crippen LogP contribution in [0, 0.1) is 0 Å². The Morgan fingerprint density at radius 2 is 2.17 bits per heavy atom. The van der Waals surface area contributed by atoms with Crippen molar-refractivity contribution in [2.24, 2.45) is 12.0 Å². The number of fused-ring (bicyclic) bond motifs is 2. The van der Waals surface area contributed by atoms with Gasteiger partial charge in [0, 0.05) is 25.4 Å². The zero-order valence-corrected chi connectivity index (χ0v) is 16.4. The lowest BCUT2D eigenvalue weighted by Crippen LogP contribution is -2.34. The minimum atomic E-state index is -0.689. The third-order valence-corrected chi connectivity index (χ3v) is 5.37. The molecule has 0 saturated heterocycles. The molecule has 0 amide bonds. The fourth-order valence-electron chi connectivity index (χ4n) is 3.74. The fourth-order valence-corrected chi connectivity index (χ4v) is 3.74. The maximum atomic E-state index is 12.0. The van der Waals surface area contributed by atoms with Gasteiger partial charge in [-0.15, -0.1) is 0 Å². The van der Waals surface area contributed by atoms with E-state index >= 15 is 0 Å². The van der Waals surface area contributed by atoms with Crippen LogP contribution in [0.5, 0.6) is 23.1 Å². The van der Waals surface area contributed by atoms with Crippen LogP contribution < -0.4 is 25.5 Å². The summed E-state index contributed by atoms with van der Waals surface area (Å²) in [7, 11) is 4.95. The van der Waals surface area contributed by atoms with Crippen LogP contribution in [0.15, 0.2) is 20.6 Å². The van der Waals surface area contributed by atoms with Crippen molar-refractivity contribution in [3.8, 4) is 23.1 Å². The van der Waals surface area contributed by atoms with Crippen molar-refractivity contribution < 1.29 is 19.3 Å². The molecule has 1 aromatic carbocycles. The van der Waals surface area contributed by atoms with E-state index in [0.717, 1.165) is 28.7 Å². The van der Waals surface area contributed by atoms with E-state index in [2.05, 4.69) is 14.9 Å². The molecule has 0 radical (unpaired) electrons. The summed E-state index contributed by atoms with van der Waals surface area (Å²) in [4.78, 5) is 32.2. The monoisotopic (exact) mass is 402 g/mol. The van der Waals surface area contributed by atoms with Crippen molar-refractivity contribution in [3.63, 3.8) is 0 Å². The van der Waals surface area contributed by atoms with Crippen LogP contribution in [0.2, 0.25) is 0 Å². The summed E-state index contributed by atoms with van der Waals surface area (Å²) in [5.74, 6) is 1.46. The molecule has 0 aliphatic carbocycles. The number of hydrogen-bond acceptors (Lipinski definition) is 8. The zero-order valence-electron chi connectivity index (χ0n) is 16.4. The smallest absolute Gasteiger partial charge is 0.330 e. The lowest BCUT2D eigenvalue weighted by molar-refractivity contribution is 0.170. The normalized spacial score (nSPS) is 18.2. The van der Waals surface area contributed by atoms with E-state index in [1.165, 1.54) is 13.3 Å². The first-order chi connectivity index (χ1) is 13.9. The molecule has 154 valence electrons. The Labute approximate surface area is 166 Å². The van der Waals surface area contributed by atoms with Gasteiger partial charge in [-0.25, -0.2) is 4.79 Å². The molecule has 29 heavy (non-hydrogen) atoms. The highest BCUT2D eigenvalue weighted by Gasteiger charge is 2.33. The quantitative estimate of drug-likeness (QED) is 0.700. The summed E-state index contributed by atoms with van der Waals surface area (Å²) in [5, 5.41) is 10.1. The maximum Gasteiger partial charge on any atom is 0.330 e. The van der Waals surface area contributed by atoms with E-state index in [-0.39, 0.29) is 18.4 Å². The molecule has 10 nitrogen and oxygen atoms in total. The highest BCUT2D eigenvalue weighted by atomic mass is 16.7. The minimum absolute atomic E-state index is 0.0663. The first-order valence-electron chi connectivity index (χ1n) is 9.14. The van der Waals surface area contributed by atoms with Crippen molar-refractivity contribution in [3.05, 3.63) is 43.6 Å². The highest BCUT2D eigenvalue weighted by molar-refractivity contribution is 5.81. The molecule has 2 aliphatic rings. The van der Waals surface area contributed by atoms with Gasteiger partial charge >= 0.3 is 5.69 Å². The number of aromatic amines is 1. The first kappa shape index (κ1) is 19.1. The number of aliphatic imine (C=N–C) groups is 1. The standard InChI is InChI=1S/C19H22N4O6/c1-22-5-4-10-6-13-15(29-9-28-13)16(27-3)14(10)12(22)8-20-7-11-17(24)21-19(26)23(2)18(11)25/h6-7,12,25H,4-5,8-9H2,1-3H3,(H,21,24,26)/t12-/m1/s1. The fraction of sp³-hybridized carbons (Fsp3) is 0.421. The maximum absolute atomic E-state index is 12.0. The predicted octanol–water partition coefficient (Wildman–Crippen LogP) is 0.165. The molecule has 4 rings (SSSR count). The predicted molar refractivity (Wildman–Crippen MR) is 105 cm³/mol. The first-order valence-corrected chi connectivity index (χ1v) is 9.14. The van der Waals surface area contributed by atoms with Crippen LogP contribution in [0.3, 0.4) is 0 Å². The summed E-state index contributed by atoms with van der Waals surface area (Å²) in [6, 6.07) is 1.86. The second-order valence-corrected chi connectivity index (χ2v) is 7.01. The summed E-state index contributed by atoms with van der Waals surface area (Å²) < 4.78 is 17.7. The van der Waals surface area contributed by atoms with E-state index in [1.807, 2.05) is 13.1 Å². The molecule has 1 aromatic heterocycles. The molecule has 10 heteroatoms. The minimum Gasteiger partial charge on any atom is -0.494 e. The van der Waals surface area contributed by atoms with Gasteiger partial charge in [0.15, 0.2) is 11.5 Å². The molecule has 1 atom stereocenters. The van der Waals surface area contributed by atoms with Crippen molar-refractivity contribution in [2.75, 3.05) is 34.0 Å². The summed E-state index contributed by atoms with van der Waals surface area (Å²) in [5.41, 5.74) is 0.635. The van der Waals surface area contributed by atoms with Crippen LogP contribution in [-0.4, -0.2) is 59.8 Å². The largest absolute Gasteiger partial charge is 0.494 e. The lowest BCUT2D eigenvalue weighted by atomic mass is 9.91. The highest BCUT2D eigenvalue weighted by Crippen LogP contribution is 2.49. The van der Waals surface area contributed by atoms with Crippen LogP contribution in [0.4, 0.5) is 0 Å². The Bertz CT molecular complexity index is 1100. The summed E-state index contributed by atoms with van der Waals surface area (Å²) >= 11 is 0. The SMILES string of the molecule is COc1c2c(cc3c1[C@@H](CN=Cc1c(O)n(C)c(=O)[nH]c1=O)N(C)CC3)OCO2. The molecule has 3 heterocycles. The Morgan fingerprint density at radius 3 is 2.93 bits per heavy atom. The average Bonchev–Trinajstić information content (AvgIpc) is 3.17. The number of H-pyrrole nitrogens is 1. The van der Waals surface area contributed by atoms with Crippen molar-refractivity contribution in [1.82, 2.24) is 14.5 Å². The van der Waals surface area contributed by atoms with Crippen LogP contribution in [0.25, 0.3) is 0 Å². The molecule has 0 bridgehead atoms. The van der Waals surface area contributed by atoms with Crippen molar-refractivity contribution in [2.45, 2.75) is 12.5 Å². The Morgan fingerprint density at radius 1 is 1.38 bits per heavy atom. The number of hydrogen-bond donors (Lipinski definition) is 2. The molecule has 2 N–H and O–H groups in total. The molecule has 2 aliphatic heterocycles. The molecule has 0 spiro atoms. The van der Waals surface area contributed by atoms with Gasteiger partial charge in [-0.1, -0.05) is 0 Å². The van der Waals surface area contributed by atoms with Gasteiger partial charge in [0.25, 0.3) is 5.56 Å². The van der Waals surface area contributed by atoms with Crippen molar-refractivity contribution in [1.29, 1.82) is 0 Å².